The molecular formula is C15H27N3S. The molecule has 1 saturated carbocycles. The van der Waals surface area contributed by atoms with E-state index in [2.05, 4.69) is 31.1 Å². The molecule has 108 valence electrons. The molecule has 0 saturated heterocycles. The first-order valence-electron chi connectivity index (χ1n) is 7.59. The van der Waals surface area contributed by atoms with Crippen molar-refractivity contribution in [3.8, 4) is 0 Å². The summed E-state index contributed by atoms with van der Waals surface area (Å²) in [6.45, 7) is 7.56. The molecule has 19 heavy (non-hydrogen) atoms. The van der Waals surface area contributed by atoms with Crippen LogP contribution in [0.15, 0.2) is 0 Å². The third-order valence-corrected chi connectivity index (χ3v) is 5.20. The van der Waals surface area contributed by atoms with Crippen molar-refractivity contribution in [3.05, 3.63) is 10.6 Å². The molecule has 1 heterocycles. The van der Waals surface area contributed by atoms with E-state index in [0.29, 0.717) is 0 Å². The normalized spacial score (nSPS) is 16.2. The molecule has 0 aromatic carbocycles. The zero-order valence-corrected chi connectivity index (χ0v) is 13.4. The summed E-state index contributed by atoms with van der Waals surface area (Å²) in [6, 6.07) is 0. The zero-order valence-electron chi connectivity index (χ0n) is 12.5. The van der Waals surface area contributed by atoms with Crippen molar-refractivity contribution < 1.29 is 0 Å². The number of hydrogen-bond acceptors (Lipinski definition) is 4. The standard InChI is InChI=1S/C15H27N3S/c1-4-9-16-10-14-12(2)17-15(19-14)18(3)11-13-7-5-6-8-13/h13,16H,4-11H2,1-3H3. The Morgan fingerprint density at radius 1 is 1.37 bits per heavy atom. The maximum absolute atomic E-state index is 4.74. The maximum Gasteiger partial charge on any atom is 0.185 e. The zero-order chi connectivity index (χ0) is 13.7. The van der Waals surface area contributed by atoms with E-state index in [1.165, 1.54) is 54.4 Å². The van der Waals surface area contributed by atoms with Crippen LogP contribution in [0.4, 0.5) is 5.13 Å². The van der Waals surface area contributed by atoms with Crippen LogP contribution in [-0.4, -0.2) is 25.1 Å². The fourth-order valence-electron chi connectivity index (χ4n) is 2.78. The first-order chi connectivity index (χ1) is 9.20. The minimum Gasteiger partial charge on any atom is -0.351 e. The molecule has 3 nitrogen and oxygen atoms in total. The second-order valence-corrected chi connectivity index (χ2v) is 6.77. The van der Waals surface area contributed by atoms with Gasteiger partial charge < -0.3 is 10.2 Å². The summed E-state index contributed by atoms with van der Waals surface area (Å²) >= 11 is 1.85. The van der Waals surface area contributed by atoms with Crippen molar-refractivity contribution in [2.45, 2.75) is 52.5 Å². The number of aromatic nitrogens is 1. The molecule has 0 amide bonds. The van der Waals surface area contributed by atoms with Gasteiger partial charge in [-0.15, -0.1) is 11.3 Å². The number of nitrogens with one attached hydrogen (secondary N) is 1. The highest BCUT2D eigenvalue weighted by Crippen LogP contribution is 2.29. The van der Waals surface area contributed by atoms with E-state index in [9.17, 15) is 0 Å². The van der Waals surface area contributed by atoms with E-state index >= 15 is 0 Å². The monoisotopic (exact) mass is 281 g/mol. The van der Waals surface area contributed by atoms with Gasteiger partial charge in [0.2, 0.25) is 0 Å². The quantitative estimate of drug-likeness (QED) is 0.774. The Morgan fingerprint density at radius 3 is 2.79 bits per heavy atom. The molecule has 1 aromatic rings. The SMILES string of the molecule is CCCNCc1sc(N(C)CC2CCCC2)nc1C. The first kappa shape index (κ1) is 14.8. The van der Waals surface area contributed by atoms with Gasteiger partial charge in [0.05, 0.1) is 5.69 Å². The van der Waals surface area contributed by atoms with Gasteiger partial charge in [0, 0.05) is 25.0 Å². The van der Waals surface area contributed by atoms with Crippen LogP contribution in [0.3, 0.4) is 0 Å². The van der Waals surface area contributed by atoms with Crippen LogP contribution in [0.2, 0.25) is 0 Å². The van der Waals surface area contributed by atoms with E-state index in [1.807, 2.05) is 11.3 Å². The summed E-state index contributed by atoms with van der Waals surface area (Å²) in [5.74, 6) is 0.885. The van der Waals surface area contributed by atoms with Crippen molar-refractivity contribution >= 4 is 16.5 Å². The summed E-state index contributed by atoms with van der Waals surface area (Å²) in [5, 5.41) is 4.66. The molecule has 0 unspecified atom stereocenters. The molecule has 0 radical (unpaired) electrons. The number of aryl methyl sites for hydroxylation is 1. The molecular weight excluding hydrogens is 254 g/mol. The Hall–Kier alpha value is -0.610. The van der Waals surface area contributed by atoms with Gasteiger partial charge in [-0.05, 0) is 38.6 Å². The third-order valence-electron chi connectivity index (χ3n) is 3.93. The summed E-state index contributed by atoms with van der Waals surface area (Å²) < 4.78 is 0. The van der Waals surface area contributed by atoms with Gasteiger partial charge >= 0.3 is 0 Å². The largest absolute Gasteiger partial charge is 0.351 e. The predicted octanol–water partition coefficient (Wildman–Crippen LogP) is 3.58. The molecule has 1 fully saturated rings. The second kappa shape index (κ2) is 7.25. The van der Waals surface area contributed by atoms with Crippen molar-refractivity contribution in [2.24, 2.45) is 5.92 Å². The molecule has 1 aromatic heterocycles. The van der Waals surface area contributed by atoms with Gasteiger partial charge in [-0.2, -0.15) is 0 Å². The van der Waals surface area contributed by atoms with Gasteiger partial charge in [-0.25, -0.2) is 4.98 Å². The lowest BCUT2D eigenvalue weighted by molar-refractivity contribution is 0.546. The van der Waals surface area contributed by atoms with Gasteiger partial charge in [0.15, 0.2) is 5.13 Å². The Morgan fingerprint density at radius 2 is 2.11 bits per heavy atom. The highest BCUT2D eigenvalue weighted by atomic mass is 32.1. The summed E-state index contributed by atoms with van der Waals surface area (Å²) in [7, 11) is 2.19. The van der Waals surface area contributed by atoms with Gasteiger partial charge in [-0.3, -0.25) is 0 Å². The van der Waals surface area contributed by atoms with Crippen molar-refractivity contribution in [3.63, 3.8) is 0 Å². The van der Waals surface area contributed by atoms with E-state index in [4.69, 9.17) is 4.98 Å². The lowest BCUT2D eigenvalue weighted by Gasteiger charge is -2.19. The van der Waals surface area contributed by atoms with E-state index in [-0.39, 0.29) is 0 Å². The molecule has 0 atom stereocenters. The van der Waals surface area contributed by atoms with Crippen LogP contribution in [-0.2, 0) is 6.54 Å². The summed E-state index contributed by atoms with van der Waals surface area (Å²) in [5.41, 5.74) is 1.20. The molecule has 4 heteroatoms. The first-order valence-corrected chi connectivity index (χ1v) is 8.40. The van der Waals surface area contributed by atoms with E-state index in [1.54, 1.807) is 0 Å². The minimum absolute atomic E-state index is 0.885. The molecule has 1 aliphatic rings. The van der Waals surface area contributed by atoms with Crippen LogP contribution < -0.4 is 10.2 Å². The van der Waals surface area contributed by atoms with Crippen LogP contribution in [0.1, 0.15) is 49.6 Å². The number of nitrogens with zero attached hydrogens (tertiary/aromatic N) is 2. The lowest BCUT2D eigenvalue weighted by atomic mass is 10.1. The Balaban J connectivity index is 1.90. The number of anilines is 1. The van der Waals surface area contributed by atoms with E-state index < -0.39 is 0 Å². The second-order valence-electron chi connectivity index (χ2n) is 5.71. The molecule has 0 bridgehead atoms. The average Bonchev–Trinajstić information content (AvgIpc) is 3.00. The smallest absolute Gasteiger partial charge is 0.185 e. The maximum atomic E-state index is 4.74. The number of rotatable bonds is 7. The Bertz CT molecular complexity index is 383. The molecule has 1 aliphatic carbocycles. The van der Waals surface area contributed by atoms with Gasteiger partial charge in [0.1, 0.15) is 0 Å². The highest BCUT2D eigenvalue weighted by molar-refractivity contribution is 7.15. The molecule has 0 spiro atoms. The molecule has 1 N–H and O–H groups in total. The number of hydrogen-bond donors (Lipinski definition) is 1. The van der Waals surface area contributed by atoms with Gasteiger partial charge in [0.25, 0.3) is 0 Å². The fourth-order valence-corrected chi connectivity index (χ4v) is 3.78. The summed E-state index contributed by atoms with van der Waals surface area (Å²) in [6.07, 6.45) is 6.83. The van der Waals surface area contributed by atoms with E-state index in [0.717, 1.165) is 19.0 Å². The van der Waals surface area contributed by atoms with Gasteiger partial charge in [-0.1, -0.05) is 19.8 Å². The molecule has 2 rings (SSSR count). The van der Waals surface area contributed by atoms with Crippen LogP contribution >= 0.6 is 11.3 Å². The molecule has 0 aliphatic heterocycles. The van der Waals surface area contributed by atoms with Crippen molar-refractivity contribution in [1.82, 2.24) is 10.3 Å². The topological polar surface area (TPSA) is 28.2 Å². The van der Waals surface area contributed by atoms with Crippen LogP contribution in [0.25, 0.3) is 0 Å². The Labute approximate surface area is 121 Å². The fraction of sp³-hybridized carbons (Fsp3) is 0.800. The van der Waals surface area contributed by atoms with Crippen molar-refractivity contribution in [2.75, 3.05) is 25.0 Å². The predicted molar refractivity (Wildman–Crippen MR) is 84.1 cm³/mol. The Kier molecular flexibility index (Phi) is 5.64. The minimum atomic E-state index is 0.885. The lowest BCUT2D eigenvalue weighted by Crippen LogP contribution is -2.23. The van der Waals surface area contributed by atoms with Crippen LogP contribution in [0, 0.1) is 12.8 Å². The summed E-state index contributed by atoms with van der Waals surface area (Å²) in [4.78, 5) is 8.48. The number of thiazole rings is 1. The third kappa shape index (κ3) is 4.18. The highest BCUT2D eigenvalue weighted by Gasteiger charge is 2.19. The average molecular weight is 281 g/mol. The van der Waals surface area contributed by atoms with Crippen molar-refractivity contribution in [1.29, 1.82) is 0 Å². The van der Waals surface area contributed by atoms with Crippen LogP contribution in [0.5, 0.6) is 0 Å².